The van der Waals surface area contributed by atoms with Gasteiger partial charge in [-0.3, -0.25) is 0 Å². The van der Waals surface area contributed by atoms with Gasteiger partial charge >= 0.3 is 11.9 Å². The van der Waals surface area contributed by atoms with E-state index in [0.717, 1.165) is 0 Å². The van der Waals surface area contributed by atoms with Crippen molar-refractivity contribution in [1.82, 2.24) is 0 Å². The standard InChI is InChI=1S/C13H16O8/c14-5-9(16)11(10(17)6-15)21-13(20)8-3-1-7(2-4-8)12(18)19/h1-4,9-11,14-17H,5-6H2,(H,18,19). The number of carboxylic acid groups (broad SMARTS) is 1. The summed E-state index contributed by atoms with van der Waals surface area (Å²) < 4.78 is 4.84. The van der Waals surface area contributed by atoms with E-state index in [0.29, 0.717) is 0 Å². The van der Waals surface area contributed by atoms with Gasteiger partial charge < -0.3 is 30.3 Å². The van der Waals surface area contributed by atoms with Gasteiger partial charge in [0, 0.05) is 0 Å². The second kappa shape index (κ2) is 7.70. The van der Waals surface area contributed by atoms with Gasteiger partial charge in [-0.05, 0) is 24.3 Å². The summed E-state index contributed by atoms with van der Waals surface area (Å²) in [4.78, 5) is 22.5. The average molecular weight is 300 g/mol. The highest BCUT2D eigenvalue weighted by atomic mass is 16.6. The zero-order valence-electron chi connectivity index (χ0n) is 10.9. The molecule has 0 amide bonds. The molecule has 0 spiro atoms. The maximum Gasteiger partial charge on any atom is 0.338 e. The fraction of sp³-hybridized carbons (Fsp3) is 0.385. The summed E-state index contributed by atoms with van der Waals surface area (Å²) in [7, 11) is 0. The van der Waals surface area contributed by atoms with Gasteiger partial charge in [-0.15, -0.1) is 0 Å². The first kappa shape index (κ1) is 17.1. The monoisotopic (exact) mass is 300 g/mol. The van der Waals surface area contributed by atoms with E-state index >= 15 is 0 Å². The van der Waals surface area contributed by atoms with Gasteiger partial charge in [0.25, 0.3) is 0 Å². The Morgan fingerprint density at radius 1 is 0.952 bits per heavy atom. The van der Waals surface area contributed by atoms with Crippen molar-refractivity contribution in [2.45, 2.75) is 18.3 Å². The molecule has 1 aromatic rings. The molecule has 5 N–H and O–H groups in total. The predicted molar refractivity (Wildman–Crippen MR) is 68.8 cm³/mol. The largest absolute Gasteiger partial charge is 0.478 e. The minimum atomic E-state index is -1.56. The molecule has 0 heterocycles. The number of benzene rings is 1. The molecule has 8 heteroatoms. The van der Waals surface area contributed by atoms with Crippen LogP contribution in [0.4, 0.5) is 0 Å². The van der Waals surface area contributed by atoms with Crippen molar-refractivity contribution in [2.75, 3.05) is 13.2 Å². The molecule has 0 aromatic heterocycles. The molecule has 1 aromatic carbocycles. The van der Waals surface area contributed by atoms with Gasteiger partial charge in [0.1, 0.15) is 12.2 Å². The minimum Gasteiger partial charge on any atom is -0.478 e. The number of rotatable bonds is 7. The van der Waals surface area contributed by atoms with Crippen LogP contribution in [0.1, 0.15) is 20.7 Å². The third kappa shape index (κ3) is 4.50. The number of hydrogen-bond acceptors (Lipinski definition) is 7. The third-order valence-corrected chi connectivity index (χ3v) is 2.74. The van der Waals surface area contributed by atoms with Crippen LogP contribution in [0.15, 0.2) is 24.3 Å². The van der Waals surface area contributed by atoms with Crippen LogP contribution < -0.4 is 0 Å². The molecule has 0 radical (unpaired) electrons. The second-order valence-corrected chi connectivity index (χ2v) is 4.25. The molecule has 8 nitrogen and oxygen atoms in total. The molecule has 0 saturated heterocycles. The molecule has 116 valence electrons. The van der Waals surface area contributed by atoms with E-state index in [1.807, 2.05) is 0 Å². The Bertz CT molecular complexity index is 473. The Labute approximate surface area is 119 Å². The molecular formula is C13H16O8. The summed E-state index contributed by atoms with van der Waals surface area (Å²) in [6.07, 6.45) is -4.63. The topological polar surface area (TPSA) is 145 Å². The van der Waals surface area contributed by atoms with Crippen LogP contribution in [-0.4, -0.2) is 69.0 Å². The number of ether oxygens (including phenoxy) is 1. The molecule has 0 aliphatic rings. The fourth-order valence-electron chi connectivity index (χ4n) is 1.56. The summed E-state index contributed by atoms with van der Waals surface area (Å²) in [6.45, 7) is -1.54. The van der Waals surface area contributed by atoms with Gasteiger partial charge in [0.2, 0.25) is 0 Å². The Morgan fingerprint density at radius 3 is 1.76 bits per heavy atom. The van der Waals surface area contributed by atoms with Crippen LogP contribution in [-0.2, 0) is 4.74 Å². The maximum atomic E-state index is 11.8. The first-order valence-corrected chi connectivity index (χ1v) is 6.03. The number of aromatic carboxylic acids is 1. The lowest BCUT2D eigenvalue weighted by molar-refractivity contribution is -0.0991. The first-order valence-electron chi connectivity index (χ1n) is 6.03. The average Bonchev–Trinajstić information content (AvgIpc) is 2.50. The van der Waals surface area contributed by atoms with Gasteiger partial charge in [0.15, 0.2) is 6.10 Å². The summed E-state index contributed by atoms with van der Waals surface area (Å²) >= 11 is 0. The number of aliphatic hydroxyl groups is 4. The Balaban J connectivity index is 2.83. The van der Waals surface area contributed by atoms with Crippen molar-refractivity contribution in [1.29, 1.82) is 0 Å². The molecule has 0 aliphatic heterocycles. The molecule has 0 bridgehead atoms. The molecule has 0 saturated carbocycles. The second-order valence-electron chi connectivity index (χ2n) is 4.25. The van der Waals surface area contributed by atoms with Crippen LogP contribution in [0.25, 0.3) is 0 Å². The van der Waals surface area contributed by atoms with E-state index in [9.17, 15) is 19.8 Å². The maximum absolute atomic E-state index is 11.8. The molecular weight excluding hydrogens is 284 g/mol. The van der Waals surface area contributed by atoms with E-state index in [4.69, 9.17) is 20.1 Å². The van der Waals surface area contributed by atoms with Gasteiger partial charge in [0.05, 0.1) is 24.3 Å². The quantitative estimate of drug-likeness (QED) is 0.387. The summed E-state index contributed by atoms with van der Waals surface area (Å²) in [5, 5.41) is 45.3. The Hall–Kier alpha value is -2.00. The molecule has 2 unspecified atom stereocenters. The first-order chi connectivity index (χ1) is 9.90. The smallest absolute Gasteiger partial charge is 0.338 e. The van der Waals surface area contributed by atoms with Crippen molar-refractivity contribution in [3.8, 4) is 0 Å². The number of carbonyl (C=O) groups is 2. The van der Waals surface area contributed by atoms with E-state index in [2.05, 4.69) is 0 Å². The van der Waals surface area contributed by atoms with E-state index in [1.165, 1.54) is 24.3 Å². The highest BCUT2D eigenvalue weighted by Crippen LogP contribution is 2.11. The van der Waals surface area contributed by atoms with Crippen molar-refractivity contribution in [2.24, 2.45) is 0 Å². The predicted octanol–water partition coefficient (Wildman–Crippen LogP) is -1.38. The highest BCUT2D eigenvalue weighted by molar-refractivity contribution is 5.92. The molecule has 21 heavy (non-hydrogen) atoms. The normalized spacial score (nSPS) is 15.0. The van der Waals surface area contributed by atoms with Crippen molar-refractivity contribution in [3.05, 3.63) is 35.4 Å². The number of aliphatic hydroxyl groups excluding tert-OH is 4. The van der Waals surface area contributed by atoms with Gasteiger partial charge in [-0.1, -0.05) is 0 Å². The van der Waals surface area contributed by atoms with Crippen LogP contribution in [0.2, 0.25) is 0 Å². The zero-order chi connectivity index (χ0) is 16.0. The summed E-state index contributed by atoms with van der Waals surface area (Å²) in [6, 6.07) is 4.80. The fourth-order valence-corrected chi connectivity index (χ4v) is 1.56. The van der Waals surface area contributed by atoms with E-state index in [-0.39, 0.29) is 11.1 Å². The number of carbonyl (C=O) groups excluding carboxylic acids is 1. The molecule has 1 rings (SSSR count). The minimum absolute atomic E-state index is 0.000259. The zero-order valence-corrected chi connectivity index (χ0v) is 10.9. The Morgan fingerprint density at radius 2 is 1.38 bits per heavy atom. The lowest BCUT2D eigenvalue weighted by atomic mass is 10.1. The molecule has 0 aliphatic carbocycles. The lowest BCUT2D eigenvalue weighted by Gasteiger charge is -2.25. The van der Waals surface area contributed by atoms with Crippen LogP contribution in [0.3, 0.4) is 0 Å². The van der Waals surface area contributed by atoms with Crippen molar-refractivity contribution in [3.63, 3.8) is 0 Å². The van der Waals surface area contributed by atoms with Crippen LogP contribution in [0, 0.1) is 0 Å². The lowest BCUT2D eigenvalue weighted by Crippen LogP contribution is -2.44. The number of carboxylic acids is 1. The van der Waals surface area contributed by atoms with Crippen LogP contribution >= 0.6 is 0 Å². The van der Waals surface area contributed by atoms with E-state index in [1.54, 1.807) is 0 Å². The summed E-state index contributed by atoms with van der Waals surface area (Å²) in [5.41, 5.74) is -0.0193. The highest BCUT2D eigenvalue weighted by Gasteiger charge is 2.30. The number of hydrogen-bond donors (Lipinski definition) is 5. The van der Waals surface area contributed by atoms with Gasteiger partial charge in [-0.2, -0.15) is 0 Å². The summed E-state index contributed by atoms with van der Waals surface area (Å²) in [5.74, 6) is -2.09. The molecule has 2 atom stereocenters. The van der Waals surface area contributed by atoms with E-state index < -0.39 is 43.5 Å². The Kier molecular flexibility index (Phi) is 6.25. The SMILES string of the molecule is O=C(O)c1ccc(C(=O)OC(C(O)CO)C(O)CO)cc1. The van der Waals surface area contributed by atoms with Crippen LogP contribution in [0.5, 0.6) is 0 Å². The third-order valence-electron chi connectivity index (χ3n) is 2.74. The van der Waals surface area contributed by atoms with Gasteiger partial charge in [-0.25, -0.2) is 9.59 Å². The number of esters is 1. The molecule has 0 fully saturated rings. The van der Waals surface area contributed by atoms with Crippen molar-refractivity contribution < 1.29 is 39.9 Å². The van der Waals surface area contributed by atoms with Crippen molar-refractivity contribution >= 4 is 11.9 Å².